The van der Waals surface area contributed by atoms with Gasteiger partial charge in [-0.2, -0.15) is 0 Å². The summed E-state index contributed by atoms with van der Waals surface area (Å²) in [5.41, 5.74) is 0.803. The van der Waals surface area contributed by atoms with Crippen LogP contribution in [0.25, 0.3) is 0 Å². The summed E-state index contributed by atoms with van der Waals surface area (Å²) in [4.78, 5) is 4.58. The number of fused-ring (bicyclic) bond motifs is 2. The maximum Gasteiger partial charge on any atom is 0.573 e. The van der Waals surface area contributed by atoms with Gasteiger partial charge in [0.05, 0.1) is 0 Å². The summed E-state index contributed by atoms with van der Waals surface area (Å²) >= 11 is 0. The Bertz CT molecular complexity index is 506. The topological polar surface area (TPSA) is 15.7 Å². The number of rotatable bonds is 2. The third-order valence-corrected chi connectivity index (χ3v) is 4.56. The molecule has 1 aromatic carbocycles. The summed E-state index contributed by atoms with van der Waals surface area (Å²) in [5.74, 6) is -0.150. The lowest BCUT2D eigenvalue weighted by atomic mass is 10.1. The molecule has 2 bridgehead atoms. The fraction of sp³-hybridized carbons (Fsp3) is 0.600. The van der Waals surface area contributed by atoms with Crippen molar-refractivity contribution in [3.05, 3.63) is 24.3 Å². The molecule has 2 heterocycles. The molecule has 21 heavy (non-hydrogen) atoms. The summed E-state index contributed by atoms with van der Waals surface area (Å²) in [7, 11) is 2.15. The van der Waals surface area contributed by atoms with E-state index in [0.29, 0.717) is 12.1 Å². The molecule has 0 aliphatic carbocycles. The number of hydrogen-bond donors (Lipinski definition) is 0. The number of likely N-dealkylation sites (N-methyl/N-ethyl adjacent to an activating group) is 1. The van der Waals surface area contributed by atoms with Crippen LogP contribution in [0.1, 0.15) is 19.3 Å². The molecule has 6 heteroatoms. The maximum atomic E-state index is 12.3. The van der Waals surface area contributed by atoms with E-state index in [2.05, 4.69) is 21.6 Å². The van der Waals surface area contributed by atoms with Crippen molar-refractivity contribution < 1.29 is 17.9 Å². The molecule has 0 amide bonds. The van der Waals surface area contributed by atoms with Crippen LogP contribution < -0.4 is 9.64 Å². The minimum Gasteiger partial charge on any atom is -0.406 e. The lowest BCUT2D eigenvalue weighted by Gasteiger charge is -2.28. The zero-order valence-electron chi connectivity index (χ0n) is 11.9. The molecule has 2 fully saturated rings. The second kappa shape index (κ2) is 5.40. The minimum atomic E-state index is -4.64. The van der Waals surface area contributed by atoms with Crippen molar-refractivity contribution in [3.63, 3.8) is 0 Å². The molecule has 2 aliphatic rings. The number of hydrogen-bond acceptors (Lipinski definition) is 3. The second-order valence-corrected chi connectivity index (χ2v) is 5.83. The molecule has 2 aliphatic heterocycles. The van der Waals surface area contributed by atoms with Crippen LogP contribution in [-0.4, -0.2) is 43.5 Å². The highest BCUT2D eigenvalue weighted by Crippen LogP contribution is 2.32. The van der Waals surface area contributed by atoms with Crippen molar-refractivity contribution in [1.29, 1.82) is 0 Å². The van der Waals surface area contributed by atoms with Gasteiger partial charge in [-0.3, -0.25) is 4.90 Å². The van der Waals surface area contributed by atoms with Crippen molar-refractivity contribution in [2.75, 3.05) is 25.0 Å². The SMILES string of the molecule is CN1C2CCC1CN(c1cccc(OC(F)(F)F)c1)CC2. The van der Waals surface area contributed by atoms with E-state index in [0.717, 1.165) is 31.6 Å². The summed E-state index contributed by atoms with van der Waals surface area (Å²) in [6.45, 7) is 1.74. The molecular weight excluding hydrogens is 281 g/mol. The highest BCUT2D eigenvalue weighted by molar-refractivity contribution is 5.51. The zero-order valence-corrected chi connectivity index (χ0v) is 11.9. The van der Waals surface area contributed by atoms with Crippen LogP contribution in [0, 0.1) is 0 Å². The molecule has 1 aromatic rings. The second-order valence-electron chi connectivity index (χ2n) is 5.83. The number of anilines is 1. The molecule has 116 valence electrons. The smallest absolute Gasteiger partial charge is 0.406 e. The molecule has 0 radical (unpaired) electrons. The van der Waals surface area contributed by atoms with Crippen LogP contribution in [0.2, 0.25) is 0 Å². The van der Waals surface area contributed by atoms with Crippen LogP contribution >= 0.6 is 0 Å². The first-order valence-electron chi connectivity index (χ1n) is 7.25. The molecule has 3 rings (SSSR count). The van der Waals surface area contributed by atoms with Gasteiger partial charge >= 0.3 is 6.36 Å². The van der Waals surface area contributed by atoms with Crippen molar-refractivity contribution in [3.8, 4) is 5.75 Å². The third-order valence-electron chi connectivity index (χ3n) is 4.56. The van der Waals surface area contributed by atoms with Crippen LogP contribution in [0.15, 0.2) is 24.3 Å². The van der Waals surface area contributed by atoms with Gasteiger partial charge in [-0.15, -0.1) is 13.2 Å². The number of halogens is 3. The molecule has 2 atom stereocenters. The first kappa shape index (κ1) is 14.5. The zero-order chi connectivity index (χ0) is 15.0. The standard InChI is InChI=1S/C15H19F3N2O/c1-19-11-5-6-13(19)10-20(8-7-11)12-3-2-4-14(9-12)21-15(16,17)18/h2-4,9,11,13H,5-8,10H2,1H3. The Kier molecular flexibility index (Phi) is 3.73. The quantitative estimate of drug-likeness (QED) is 0.834. The molecule has 0 spiro atoms. The molecule has 0 aromatic heterocycles. The van der Waals surface area contributed by atoms with Crippen LogP contribution in [0.5, 0.6) is 5.75 Å². The van der Waals surface area contributed by atoms with Gasteiger partial charge in [0, 0.05) is 36.9 Å². The third kappa shape index (κ3) is 3.26. The van der Waals surface area contributed by atoms with E-state index >= 15 is 0 Å². The summed E-state index contributed by atoms with van der Waals surface area (Å²) < 4.78 is 40.9. The molecule has 3 nitrogen and oxygen atoms in total. The Morgan fingerprint density at radius 3 is 2.67 bits per heavy atom. The summed E-state index contributed by atoms with van der Waals surface area (Å²) in [6.07, 6.45) is -1.20. The average molecular weight is 300 g/mol. The van der Waals surface area contributed by atoms with Crippen LogP contribution in [0.3, 0.4) is 0 Å². The lowest BCUT2D eigenvalue weighted by molar-refractivity contribution is -0.274. The van der Waals surface area contributed by atoms with Crippen molar-refractivity contribution >= 4 is 5.69 Å². The van der Waals surface area contributed by atoms with Gasteiger partial charge in [0.15, 0.2) is 0 Å². The van der Waals surface area contributed by atoms with Gasteiger partial charge in [-0.1, -0.05) is 6.07 Å². The van der Waals surface area contributed by atoms with E-state index in [1.54, 1.807) is 6.07 Å². The van der Waals surface area contributed by atoms with Gasteiger partial charge in [0.25, 0.3) is 0 Å². The molecule has 2 unspecified atom stereocenters. The van der Waals surface area contributed by atoms with E-state index in [4.69, 9.17) is 0 Å². The fourth-order valence-corrected chi connectivity index (χ4v) is 3.42. The number of nitrogens with zero attached hydrogens (tertiary/aromatic N) is 2. The van der Waals surface area contributed by atoms with E-state index in [9.17, 15) is 13.2 Å². The highest BCUT2D eigenvalue weighted by Gasteiger charge is 2.35. The predicted octanol–water partition coefficient (Wildman–Crippen LogP) is 3.26. The molecule has 0 saturated carbocycles. The lowest BCUT2D eigenvalue weighted by Crippen LogP contribution is -2.36. The number of ether oxygens (including phenoxy) is 1. The van der Waals surface area contributed by atoms with E-state index < -0.39 is 6.36 Å². The Morgan fingerprint density at radius 2 is 1.90 bits per heavy atom. The van der Waals surface area contributed by atoms with Crippen molar-refractivity contribution in [2.45, 2.75) is 37.7 Å². The van der Waals surface area contributed by atoms with Gasteiger partial charge in [0.2, 0.25) is 0 Å². The van der Waals surface area contributed by atoms with Crippen molar-refractivity contribution in [2.24, 2.45) is 0 Å². The molecular formula is C15H19F3N2O. The largest absolute Gasteiger partial charge is 0.573 e. The predicted molar refractivity (Wildman–Crippen MR) is 74.5 cm³/mol. The fourth-order valence-electron chi connectivity index (χ4n) is 3.42. The first-order chi connectivity index (χ1) is 9.92. The van der Waals surface area contributed by atoms with Crippen molar-refractivity contribution in [1.82, 2.24) is 4.90 Å². The summed E-state index contributed by atoms with van der Waals surface area (Å²) in [6, 6.07) is 7.38. The Labute approximate surface area is 122 Å². The molecule has 0 N–H and O–H groups in total. The van der Waals surface area contributed by atoms with Crippen LogP contribution in [-0.2, 0) is 0 Å². The van der Waals surface area contributed by atoms with Gasteiger partial charge in [-0.05, 0) is 38.4 Å². The van der Waals surface area contributed by atoms with Gasteiger partial charge < -0.3 is 9.64 Å². The Balaban J connectivity index is 1.76. The Morgan fingerprint density at radius 1 is 1.14 bits per heavy atom. The number of alkyl halides is 3. The molecule has 2 saturated heterocycles. The first-order valence-corrected chi connectivity index (χ1v) is 7.25. The summed E-state index contributed by atoms with van der Waals surface area (Å²) in [5, 5.41) is 0. The van der Waals surface area contributed by atoms with Gasteiger partial charge in [-0.25, -0.2) is 0 Å². The maximum absolute atomic E-state index is 12.3. The Hall–Kier alpha value is -1.43. The van der Waals surface area contributed by atoms with E-state index in [1.807, 2.05) is 6.07 Å². The van der Waals surface area contributed by atoms with Crippen LogP contribution in [0.4, 0.5) is 18.9 Å². The highest BCUT2D eigenvalue weighted by atomic mass is 19.4. The van der Waals surface area contributed by atoms with E-state index in [-0.39, 0.29) is 5.75 Å². The monoisotopic (exact) mass is 300 g/mol. The average Bonchev–Trinajstić information content (AvgIpc) is 2.61. The normalized spacial score (nSPS) is 26.8. The van der Waals surface area contributed by atoms with E-state index in [1.165, 1.54) is 18.6 Å². The van der Waals surface area contributed by atoms with Gasteiger partial charge in [0.1, 0.15) is 5.75 Å². The minimum absolute atomic E-state index is 0.150. The number of benzene rings is 1.